The molecule has 0 amide bonds. The Kier molecular flexibility index (Phi) is 4.55. The molecule has 0 N–H and O–H groups in total. The van der Waals surface area contributed by atoms with E-state index in [-0.39, 0.29) is 11.3 Å². The average Bonchev–Trinajstić information content (AvgIpc) is 2.37. The van der Waals surface area contributed by atoms with E-state index >= 15 is 0 Å². The normalized spacial score (nSPS) is 12.4. The Morgan fingerprint density at radius 3 is 2.00 bits per heavy atom. The molecular weight excluding hydrogens is 320 g/mol. The highest BCUT2D eigenvalue weighted by molar-refractivity contribution is 7.89. The molecule has 0 unspecified atom stereocenters. The molecule has 0 saturated carbocycles. The van der Waals surface area contributed by atoms with Crippen molar-refractivity contribution in [1.29, 1.82) is 0 Å². The molecular formula is C15H12F4O2S. The van der Waals surface area contributed by atoms with Crippen LogP contribution in [0.5, 0.6) is 0 Å². The fourth-order valence-corrected chi connectivity index (χ4v) is 3.47. The molecule has 0 aliphatic rings. The maximum Gasteiger partial charge on any atom is 0.416 e. The molecule has 0 aliphatic carbocycles. The van der Waals surface area contributed by atoms with E-state index in [1.54, 1.807) is 0 Å². The van der Waals surface area contributed by atoms with Crippen molar-refractivity contribution in [2.45, 2.75) is 17.7 Å². The third-order valence-electron chi connectivity index (χ3n) is 2.94. The van der Waals surface area contributed by atoms with E-state index in [2.05, 4.69) is 0 Å². The number of halogens is 4. The number of rotatable bonds is 4. The van der Waals surface area contributed by atoms with Gasteiger partial charge in [-0.3, -0.25) is 0 Å². The fraction of sp³-hybridized carbons (Fsp3) is 0.200. The van der Waals surface area contributed by atoms with Crippen LogP contribution in [-0.4, -0.2) is 8.42 Å². The monoisotopic (exact) mass is 332 g/mol. The van der Waals surface area contributed by atoms with Crippen molar-refractivity contribution in [3.05, 3.63) is 71.0 Å². The smallest absolute Gasteiger partial charge is 0.228 e. The van der Waals surface area contributed by atoms with Crippen LogP contribution in [0.1, 0.15) is 16.7 Å². The van der Waals surface area contributed by atoms with Gasteiger partial charge >= 0.3 is 6.18 Å². The molecule has 0 aliphatic heterocycles. The van der Waals surface area contributed by atoms with Crippen molar-refractivity contribution < 1.29 is 26.0 Å². The van der Waals surface area contributed by atoms with E-state index in [0.29, 0.717) is 5.56 Å². The highest BCUT2D eigenvalue weighted by atomic mass is 32.2. The van der Waals surface area contributed by atoms with Gasteiger partial charge < -0.3 is 0 Å². The first-order chi connectivity index (χ1) is 10.2. The summed E-state index contributed by atoms with van der Waals surface area (Å²) in [6.07, 6.45) is -4.46. The lowest BCUT2D eigenvalue weighted by Crippen LogP contribution is -2.09. The summed E-state index contributed by atoms with van der Waals surface area (Å²) in [6, 6.07) is 9.14. The van der Waals surface area contributed by atoms with Gasteiger partial charge in [0.05, 0.1) is 17.1 Å². The Balaban J connectivity index is 2.12. The van der Waals surface area contributed by atoms with Gasteiger partial charge in [-0.2, -0.15) is 13.2 Å². The van der Waals surface area contributed by atoms with Crippen LogP contribution < -0.4 is 0 Å². The molecule has 2 aromatic rings. The lowest BCUT2D eigenvalue weighted by atomic mass is 10.1. The second kappa shape index (κ2) is 6.08. The summed E-state index contributed by atoms with van der Waals surface area (Å²) in [5.41, 5.74) is -0.282. The van der Waals surface area contributed by atoms with Crippen LogP contribution >= 0.6 is 0 Å². The summed E-state index contributed by atoms with van der Waals surface area (Å²) >= 11 is 0. The first-order valence-corrected chi connectivity index (χ1v) is 8.09. The van der Waals surface area contributed by atoms with Crippen LogP contribution in [0.15, 0.2) is 48.5 Å². The molecule has 0 bridgehead atoms. The summed E-state index contributed by atoms with van der Waals surface area (Å²) in [5.74, 6) is -1.31. The Bertz CT molecular complexity index is 750. The van der Waals surface area contributed by atoms with Crippen LogP contribution in [0.2, 0.25) is 0 Å². The van der Waals surface area contributed by atoms with Crippen molar-refractivity contribution in [3.8, 4) is 0 Å². The summed E-state index contributed by atoms with van der Waals surface area (Å²) in [6.45, 7) is 0. The van der Waals surface area contributed by atoms with Crippen molar-refractivity contribution >= 4 is 9.84 Å². The standard InChI is InChI=1S/C15H12F4O2S/c16-14-3-1-2-12(8-14)10-22(20,21)9-11-4-6-13(7-5-11)15(17,18)19/h1-8H,9-10H2. The minimum absolute atomic E-state index is 0.254. The van der Waals surface area contributed by atoms with Crippen molar-refractivity contribution in [3.63, 3.8) is 0 Å². The minimum Gasteiger partial charge on any atom is -0.228 e. The van der Waals surface area contributed by atoms with Gasteiger partial charge in [-0.25, -0.2) is 12.8 Å². The van der Waals surface area contributed by atoms with Gasteiger partial charge in [0.25, 0.3) is 0 Å². The van der Waals surface area contributed by atoms with Gasteiger partial charge in [-0.15, -0.1) is 0 Å². The van der Waals surface area contributed by atoms with Crippen LogP contribution in [0.4, 0.5) is 17.6 Å². The highest BCUT2D eigenvalue weighted by Gasteiger charge is 2.30. The van der Waals surface area contributed by atoms with Crippen LogP contribution in [-0.2, 0) is 27.5 Å². The molecule has 118 valence electrons. The van der Waals surface area contributed by atoms with Gasteiger partial charge in [0.1, 0.15) is 5.82 Å². The average molecular weight is 332 g/mol. The third-order valence-corrected chi connectivity index (χ3v) is 4.49. The quantitative estimate of drug-likeness (QED) is 0.794. The van der Waals surface area contributed by atoms with Gasteiger partial charge in [0, 0.05) is 0 Å². The predicted octanol–water partition coefficient (Wildman–Crippen LogP) is 3.96. The largest absolute Gasteiger partial charge is 0.416 e. The molecule has 0 spiro atoms. The van der Waals surface area contributed by atoms with Crippen LogP contribution in [0, 0.1) is 5.82 Å². The molecule has 2 aromatic carbocycles. The highest BCUT2D eigenvalue weighted by Crippen LogP contribution is 2.29. The Morgan fingerprint density at radius 1 is 0.864 bits per heavy atom. The SMILES string of the molecule is O=S(=O)(Cc1ccc(C(F)(F)F)cc1)Cc1cccc(F)c1. The maximum atomic E-state index is 13.0. The van der Waals surface area contributed by atoms with Crippen molar-refractivity contribution in [2.75, 3.05) is 0 Å². The molecule has 0 saturated heterocycles. The molecule has 2 nitrogen and oxygen atoms in total. The molecule has 0 radical (unpaired) electrons. The lowest BCUT2D eigenvalue weighted by molar-refractivity contribution is -0.137. The summed E-state index contributed by atoms with van der Waals surface area (Å²) < 4.78 is 74.3. The maximum absolute atomic E-state index is 13.0. The third kappa shape index (κ3) is 4.56. The molecule has 0 atom stereocenters. The second-order valence-corrected chi connectivity index (χ2v) is 6.92. The lowest BCUT2D eigenvalue weighted by Gasteiger charge is -2.08. The zero-order valence-corrected chi connectivity index (χ0v) is 12.1. The molecule has 2 rings (SSSR count). The Morgan fingerprint density at radius 2 is 1.45 bits per heavy atom. The van der Waals surface area contributed by atoms with Gasteiger partial charge in [-0.1, -0.05) is 24.3 Å². The van der Waals surface area contributed by atoms with E-state index in [4.69, 9.17) is 0 Å². The zero-order valence-electron chi connectivity index (χ0n) is 11.3. The van der Waals surface area contributed by atoms with Gasteiger partial charge in [0.2, 0.25) is 0 Å². The first kappa shape index (κ1) is 16.5. The Labute approximate surface area is 125 Å². The number of hydrogen-bond donors (Lipinski definition) is 0. The molecule has 7 heteroatoms. The number of benzene rings is 2. The predicted molar refractivity (Wildman–Crippen MR) is 74.2 cm³/mol. The molecule has 0 aromatic heterocycles. The van der Waals surface area contributed by atoms with Crippen molar-refractivity contribution in [2.24, 2.45) is 0 Å². The van der Waals surface area contributed by atoms with Crippen molar-refractivity contribution in [1.82, 2.24) is 0 Å². The topological polar surface area (TPSA) is 34.1 Å². The molecule has 0 heterocycles. The van der Waals surface area contributed by atoms with E-state index in [1.165, 1.54) is 18.2 Å². The van der Waals surface area contributed by atoms with Gasteiger partial charge in [0.15, 0.2) is 9.84 Å². The Hall–Kier alpha value is -1.89. The van der Waals surface area contributed by atoms with E-state index in [1.807, 2.05) is 0 Å². The fourth-order valence-electron chi connectivity index (χ4n) is 1.98. The molecule has 22 heavy (non-hydrogen) atoms. The number of hydrogen-bond acceptors (Lipinski definition) is 2. The van der Waals surface area contributed by atoms with E-state index in [0.717, 1.165) is 30.3 Å². The number of sulfone groups is 1. The number of alkyl halides is 3. The van der Waals surface area contributed by atoms with Crippen LogP contribution in [0.3, 0.4) is 0 Å². The summed E-state index contributed by atoms with van der Waals surface area (Å²) in [7, 11) is -3.60. The van der Waals surface area contributed by atoms with E-state index < -0.39 is 33.1 Å². The summed E-state index contributed by atoms with van der Waals surface area (Å²) in [5, 5.41) is 0. The van der Waals surface area contributed by atoms with E-state index in [9.17, 15) is 26.0 Å². The molecule has 0 fully saturated rings. The minimum atomic E-state index is -4.46. The first-order valence-electron chi connectivity index (χ1n) is 6.27. The van der Waals surface area contributed by atoms with Gasteiger partial charge in [-0.05, 0) is 35.4 Å². The second-order valence-electron chi connectivity index (χ2n) is 4.86. The summed E-state index contributed by atoms with van der Waals surface area (Å²) in [4.78, 5) is 0. The zero-order chi connectivity index (χ0) is 16.4. The van der Waals surface area contributed by atoms with Crippen LogP contribution in [0.25, 0.3) is 0 Å².